The molecule has 1 amide bonds. The molecule has 7 heteroatoms. The predicted molar refractivity (Wildman–Crippen MR) is 106 cm³/mol. The van der Waals surface area contributed by atoms with Crippen LogP contribution < -0.4 is 5.73 Å². The molecule has 1 aromatic heterocycles. The summed E-state index contributed by atoms with van der Waals surface area (Å²) in [6.07, 6.45) is 4.63. The van der Waals surface area contributed by atoms with Gasteiger partial charge >= 0.3 is 0 Å². The van der Waals surface area contributed by atoms with Gasteiger partial charge in [0, 0.05) is 57.3 Å². The van der Waals surface area contributed by atoms with Crippen molar-refractivity contribution in [3.8, 4) is 0 Å². The van der Waals surface area contributed by atoms with Crippen molar-refractivity contribution >= 4 is 5.91 Å². The van der Waals surface area contributed by atoms with Crippen molar-refractivity contribution in [2.45, 2.75) is 70.5 Å². The van der Waals surface area contributed by atoms with E-state index in [2.05, 4.69) is 23.7 Å². The summed E-state index contributed by atoms with van der Waals surface area (Å²) in [5, 5.41) is 0. The van der Waals surface area contributed by atoms with E-state index in [1.807, 2.05) is 4.90 Å². The molecule has 2 N–H and O–H groups in total. The van der Waals surface area contributed by atoms with E-state index >= 15 is 0 Å². The number of amides is 1. The van der Waals surface area contributed by atoms with Gasteiger partial charge in [-0.05, 0) is 25.7 Å². The molecule has 28 heavy (non-hydrogen) atoms. The number of oxazole rings is 1. The SMILES string of the molecule is CC(C)c1nc2c(o1)CCN(C(=O)[C@H]1CC[C@@H](N)CN(C3CCOCC3)C1)C2. The minimum atomic E-state index is 0.0226. The molecule has 0 aliphatic carbocycles. The van der Waals surface area contributed by atoms with E-state index in [1.54, 1.807) is 0 Å². The second-order valence-corrected chi connectivity index (χ2v) is 8.92. The van der Waals surface area contributed by atoms with Gasteiger partial charge in [0.15, 0.2) is 5.89 Å². The highest BCUT2D eigenvalue weighted by molar-refractivity contribution is 5.79. The van der Waals surface area contributed by atoms with Crippen LogP contribution in [0.25, 0.3) is 0 Å². The summed E-state index contributed by atoms with van der Waals surface area (Å²) >= 11 is 0. The molecule has 2 atom stereocenters. The molecule has 0 bridgehead atoms. The maximum absolute atomic E-state index is 13.4. The van der Waals surface area contributed by atoms with Crippen LogP contribution in [0.4, 0.5) is 0 Å². The zero-order valence-electron chi connectivity index (χ0n) is 17.2. The Morgan fingerprint density at radius 3 is 2.71 bits per heavy atom. The number of ether oxygens (including phenoxy) is 1. The number of likely N-dealkylation sites (tertiary alicyclic amines) is 1. The quantitative estimate of drug-likeness (QED) is 0.849. The topological polar surface area (TPSA) is 84.8 Å². The normalized spacial score (nSPS) is 27.6. The van der Waals surface area contributed by atoms with Crippen molar-refractivity contribution in [3.05, 3.63) is 17.3 Å². The molecule has 0 aromatic carbocycles. The van der Waals surface area contributed by atoms with Gasteiger partial charge in [0.25, 0.3) is 0 Å². The molecule has 0 saturated carbocycles. The standard InChI is InChI=1S/C21H34N4O3/c1-14(2)20-23-18-13-24(8-5-19(18)28-20)21(26)15-3-4-16(22)12-25(11-15)17-6-9-27-10-7-17/h14-17H,3-13,22H2,1-2H3/t15-,16+/m0/s1. The Kier molecular flexibility index (Phi) is 6.04. The van der Waals surface area contributed by atoms with E-state index in [9.17, 15) is 4.79 Å². The molecular weight excluding hydrogens is 356 g/mol. The van der Waals surface area contributed by atoms with Gasteiger partial charge in [-0.3, -0.25) is 9.69 Å². The van der Waals surface area contributed by atoms with Gasteiger partial charge < -0.3 is 19.8 Å². The Hall–Kier alpha value is -1.44. The molecule has 0 unspecified atom stereocenters. The van der Waals surface area contributed by atoms with Gasteiger partial charge in [-0.2, -0.15) is 0 Å². The molecule has 0 radical (unpaired) electrons. The van der Waals surface area contributed by atoms with Crippen molar-refractivity contribution in [1.82, 2.24) is 14.8 Å². The van der Waals surface area contributed by atoms with E-state index < -0.39 is 0 Å². The fourth-order valence-electron chi connectivity index (χ4n) is 4.72. The lowest BCUT2D eigenvalue weighted by Gasteiger charge is -2.36. The molecule has 156 valence electrons. The molecule has 3 aliphatic heterocycles. The Morgan fingerprint density at radius 2 is 1.96 bits per heavy atom. The van der Waals surface area contributed by atoms with E-state index in [-0.39, 0.29) is 23.8 Å². The number of nitrogens with two attached hydrogens (primary N) is 1. The lowest BCUT2D eigenvalue weighted by Crippen LogP contribution is -2.48. The predicted octanol–water partition coefficient (Wildman–Crippen LogP) is 1.90. The van der Waals surface area contributed by atoms with Crippen LogP contribution in [0.3, 0.4) is 0 Å². The summed E-state index contributed by atoms with van der Waals surface area (Å²) in [5.41, 5.74) is 7.29. The van der Waals surface area contributed by atoms with Gasteiger partial charge in [-0.25, -0.2) is 4.98 Å². The lowest BCUT2D eigenvalue weighted by molar-refractivity contribution is -0.137. The summed E-state index contributed by atoms with van der Waals surface area (Å²) in [5.74, 6) is 2.29. The highest BCUT2D eigenvalue weighted by atomic mass is 16.5. The Labute approximate surface area is 167 Å². The van der Waals surface area contributed by atoms with Gasteiger partial charge in [-0.15, -0.1) is 0 Å². The Balaban J connectivity index is 1.44. The van der Waals surface area contributed by atoms with Crippen LogP contribution >= 0.6 is 0 Å². The Bertz CT molecular complexity index is 683. The minimum Gasteiger partial charge on any atom is -0.445 e. The number of aromatic nitrogens is 1. The van der Waals surface area contributed by atoms with Crippen LogP contribution in [0.15, 0.2) is 4.42 Å². The molecule has 3 aliphatic rings. The first-order valence-corrected chi connectivity index (χ1v) is 10.9. The summed E-state index contributed by atoms with van der Waals surface area (Å²) in [6.45, 7) is 8.79. The van der Waals surface area contributed by atoms with Crippen LogP contribution in [0, 0.1) is 5.92 Å². The first kappa shape index (κ1) is 19.9. The molecule has 1 aromatic rings. The first-order valence-electron chi connectivity index (χ1n) is 10.9. The summed E-state index contributed by atoms with van der Waals surface area (Å²) in [4.78, 5) is 22.5. The maximum atomic E-state index is 13.4. The third-order valence-electron chi connectivity index (χ3n) is 6.42. The van der Waals surface area contributed by atoms with Crippen molar-refractivity contribution in [3.63, 3.8) is 0 Å². The maximum Gasteiger partial charge on any atom is 0.227 e. The van der Waals surface area contributed by atoms with E-state index in [4.69, 9.17) is 14.9 Å². The number of carbonyl (C=O) groups is 1. The zero-order chi connectivity index (χ0) is 19.7. The number of hydrogen-bond acceptors (Lipinski definition) is 6. The third-order valence-corrected chi connectivity index (χ3v) is 6.42. The average Bonchev–Trinajstić information content (AvgIpc) is 3.04. The molecule has 4 rings (SSSR count). The van der Waals surface area contributed by atoms with E-state index in [1.165, 1.54) is 0 Å². The van der Waals surface area contributed by atoms with Crippen LogP contribution in [0.1, 0.15) is 62.8 Å². The van der Waals surface area contributed by atoms with Crippen molar-refractivity contribution in [2.75, 3.05) is 32.8 Å². The lowest BCUT2D eigenvalue weighted by atomic mass is 9.98. The highest BCUT2D eigenvalue weighted by Gasteiger charge is 2.35. The summed E-state index contributed by atoms with van der Waals surface area (Å²) in [6, 6.07) is 0.642. The summed E-state index contributed by atoms with van der Waals surface area (Å²) in [7, 11) is 0. The molecule has 2 fully saturated rings. The van der Waals surface area contributed by atoms with Crippen molar-refractivity contribution < 1.29 is 13.9 Å². The van der Waals surface area contributed by atoms with Crippen LogP contribution in [-0.4, -0.2) is 65.6 Å². The molecule has 0 spiro atoms. The fraction of sp³-hybridized carbons (Fsp3) is 0.810. The van der Waals surface area contributed by atoms with E-state index in [0.29, 0.717) is 12.6 Å². The number of rotatable bonds is 3. The second-order valence-electron chi connectivity index (χ2n) is 8.92. The first-order chi connectivity index (χ1) is 13.5. The largest absolute Gasteiger partial charge is 0.445 e. The molecule has 7 nitrogen and oxygen atoms in total. The number of hydrogen-bond donors (Lipinski definition) is 1. The number of nitrogens with zero attached hydrogens (tertiary/aromatic N) is 3. The monoisotopic (exact) mass is 390 g/mol. The van der Waals surface area contributed by atoms with E-state index in [0.717, 1.165) is 82.3 Å². The third kappa shape index (κ3) is 4.26. The molecule has 2 saturated heterocycles. The minimum absolute atomic E-state index is 0.0226. The Morgan fingerprint density at radius 1 is 1.18 bits per heavy atom. The second kappa shape index (κ2) is 8.51. The summed E-state index contributed by atoms with van der Waals surface area (Å²) < 4.78 is 11.4. The van der Waals surface area contributed by atoms with Gasteiger partial charge in [0.1, 0.15) is 11.5 Å². The van der Waals surface area contributed by atoms with Gasteiger partial charge in [0.2, 0.25) is 5.91 Å². The zero-order valence-corrected chi connectivity index (χ0v) is 17.2. The highest BCUT2D eigenvalue weighted by Crippen LogP contribution is 2.28. The average molecular weight is 391 g/mol. The molecule has 4 heterocycles. The number of fused-ring (bicyclic) bond motifs is 1. The van der Waals surface area contributed by atoms with Crippen LogP contribution in [0.5, 0.6) is 0 Å². The smallest absolute Gasteiger partial charge is 0.227 e. The fourth-order valence-corrected chi connectivity index (χ4v) is 4.72. The van der Waals surface area contributed by atoms with Crippen LogP contribution in [0.2, 0.25) is 0 Å². The van der Waals surface area contributed by atoms with Crippen LogP contribution in [-0.2, 0) is 22.5 Å². The van der Waals surface area contributed by atoms with Crippen molar-refractivity contribution in [2.24, 2.45) is 11.7 Å². The van der Waals surface area contributed by atoms with Crippen molar-refractivity contribution in [1.29, 1.82) is 0 Å². The van der Waals surface area contributed by atoms with Gasteiger partial charge in [0.05, 0.1) is 12.5 Å². The number of carbonyl (C=O) groups excluding carboxylic acids is 1. The molecular formula is C21H34N4O3. The van der Waals surface area contributed by atoms with Gasteiger partial charge in [-0.1, -0.05) is 13.8 Å².